The van der Waals surface area contributed by atoms with Crippen LogP contribution in [0.1, 0.15) is 10.6 Å². The first-order valence-electron chi connectivity index (χ1n) is 9.76. The second-order valence-electron chi connectivity index (χ2n) is 6.89. The van der Waals surface area contributed by atoms with Gasteiger partial charge in [-0.15, -0.1) is 34.3 Å². The van der Waals surface area contributed by atoms with Crippen LogP contribution in [-0.2, 0) is 45.5 Å². The van der Waals surface area contributed by atoms with Crippen molar-refractivity contribution >= 4 is 79.1 Å². The van der Waals surface area contributed by atoms with E-state index < -0.39 is 58.4 Å². The van der Waals surface area contributed by atoms with Crippen molar-refractivity contribution < 1.29 is 71.3 Å². The van der Waals surface area contributed by atoms with Crippen LogP contribution in [0.5, 0.6) is 0 Å². The summed E-state index contributed by atoms with van der Waals surface area (Å²) in [6.45, 7) is -0.662. The maximum Gasteiger partial charge on any atom is 1.00 e. The molecule has 19 heteroatoms. The van der Waals surface area contributed by atoms with Gasteiger partial charge in [0.1, 0.15) is 37.4 Å². The Hall–Kier alpha value is -2.12. The number of thiophene rings is 1. The number of anilines is 1. The number of ether oxygens (including phenoxy) is 1. The summed E-state index contributed by atoms with van der Waals surface area (Å²) in [5.41, 5.74) is -0.451. The summed E-state index contributed by atoms with van der Waals surface area (Å²) in [7, 11) is -4.10. The number of hydrogen-bond donors (Lipinski definition) is 2. The number of oxime groups is 1. The Kier molecular flexibility index (Phi) is 11.4. The smallest absolute Gasteiger partial charge is 0.731 e. The molecule has 2 N–H and O–H groups in total. The fourth-order valence-electron chi connectivity index (χ4n) is 3.00. The molecule has 3 rings (SSSR count). The van der Waals surface area contributed by atoms with E-state index >= 15 is 0 Å². The van der Waals surface area contributed by atoms with E-state index in [1.807, 2.05) is 0 Å². The maximum atomic E-state index is 12.9. The van der Waals surface area contributed by atoms with Crippen LogP contribution in [0.4, 0.5) is 5.13 Å². The normalized spacial score (nSPS) is 17.3. The number of β-lactam (4-membered cyclic amide) rings is 1. The van der Waals surface area contributed by atoms with Gasteiger partial charge in [-0.2, -0.15) is 0 Å². The van der Waals surface area contributed by atoms with Crippen molar-refractivity contribution in [3.8, 4) is 0 Å². The van der Waals surface area contributed by atoms with E-state index in [0.717, 1.165) is 18.4 Å². The molecule has 3 amide bonds. The molecule has 3 heterocycles. The summed E-state index contributed by atoms with van der Waals surface area (Å²) in [5, 5.41) is 11.4. The van der Waals surface area contributed by atoms with Crippen molar-refractivity contribution in [1.82, 2.24) is 14.6 Å². The molecule has 1 aliphatic rings. The number of thiazole rings is 1. The van der Waals surface area contributed by atoms with Gasteiger partial charge in [-0.05, 0) is 11.4 Å². The van der Waals surface area contributed by atoms with Crippen LogP contribution >= 0.6 is 34.3 Å². The van der Waals surface area contributed by atoms with Crippen LogP contribution in [0.25, 0.3) is 0 Å². The number of aromatic nitrogens is 1. The van der Waals surface area contributed by atoms with Gasteiger partial charge in [0.05, 0.1) is 6.42 Å². The molecule has 2 aromatic heterocycles. The Morgan fingerprint density at radius 2 is 2.05 bits per heavy atom. The Balaban J connectivity index is 0.00000481. The first-order valence-corrected chi connectivity index (χ1v) is 13.4. The molecule has 0 aromatic carbocycles. The first kappa shape index (κ1) is 31.1. The standard InChI is InChI=1S/C18H18ClN5O9S3.Na/c1-32-23-14(10-8-35-18(20-10)21-12(25)6-19)16(27)22-15-11(24(17(15)28)36(29,30)31)7-33-13(26)5-9-3-2-4-34-9;/h2-4,8,11,15H,5-7H2,1H3,(H,22,27)(H,20,21,25)(H,29,30,31);/q;+1/p-1/b23-14-;/t11-,15+;/m0./s1. The minimum absolute atomic E-state index is 0. The molecule has 194 valence electrons. The minimum Gasteiger partial charge on any atom is -0.731 e. The number of hydrogen-bond acceptors (Lipinski definition) is 13. The summed E-state index contributed by atoms with van der Waals surface area (Å²) in [6, 6.07) is 0.421. The second-order valence-corrected chi connectivity index (χ2v) is 10.3. The summed E-state index contributed by atoms with van der Waals surface area (Å²) in [5.74, 6) is -3.81. The van der Waals surface area contributed by atoms with Crippen molar-refractivity contribution in [3.63, 3.8) is 0 Å². The van der Waals surface area contributed by atoms with Gasteiger partial charge in [0.15, 0.2) is 21.1 Å². The van der Waals surface area contributed by atoms with E-state index in [2.05, 4.69) is 25.6 Å². The van der Waals surface area contributed by atoms with E-state index in [-0.39, 0.29) is 57.0 Å². The van der Waals surface area contributed by atoms with E-state index in [9.17, 15) is 32.1 Å². The fourth-order valence-corrected chi connectivity index (χ4v) is 5.32. The monoisotopic (exact) mass is 601 g/mol. The summed E-state index contributed by atoms with van der Waals surface area (Å²) in [6.07, 6.45) is -0.101. The number of carbonyl (C=O) groups excluding carboxylic acids is 4. The molecule has 2 aromatic rings. The van der Waals surface area contributed by atoms with Crippen molar-refractivity contribution in [3.05, 3.63) is 33.5 Å². The topological polar surface area (TPSA) is 196 Å². The number of esters is 1. The zero-order valence-corrected chi connectivity index (χ0v) is 24.4. The molecule has 14 nitrogen and oxygen atoms in total. The molecular formula is C18H17ClN5NaO9S3. The largest absolute Gasteiger partial charge is 1.00 e. The van der Waals surface area contributed by atoms with Crippen molar-refractivity contribution in [2.24, 2.45) is 5.16 Å². The van der Waals surface area contributed by atoms with Gasteiger partial charge in [-0.25, -0.2) is 17.7 Å². The third-order valence-electron chi connectivity index (χ3n) is 4.52. The Labute approximate surface area is 245 Å². The van der Waals surface area contributed by atoms with E-state index in [1.165, 1.54) is 16.7 Å². The quantitative estimate of drug-likeness (QED) is 0.0500. The van der Waals surface area contributed by atoms with Gasteiger partial charge in [0.2, 0.25) is 5.91 Å². The number of halogens is 1. The molecule has 0 bridgehead atoms. The SMILES string of the molecule is CO/N=C(\C(=O)N[C@H]1C(=O)N(S(=O)(=O)[O-])[C@H]1COC(=O)Cc1cccs1)c1csc(NC(=O)CCl)n1.[Na+]. The minimum atomic E-state index is -5.25. The van der Waals surface area contributed by atoms with Crippen LogP contribution in [0.15, 0.2) is 28.0 Å². The Morgan fingerprint density at radius 3 is 2.65 bits per heavy atom. The zero-order valence-electron chi connectivity index (χ0n) is 19.2. The summed E-state index contributed by atoms with van der Waals surface area (Å²) < 4.78 is 39.7. The number of nitrogens with zero attached hydrogens (tertiary/aromatic N) is 3. The number of amides is 3. The average molecular weight is 602 g/mol. The van der Waals surface area contributed by atoms with Crippen LogP contribution in [0.3, 0.4) is 0 Å². The first-order chi connectivity index (χ1) is 17.0. The summed E-state index contributed by atoms with van der Waals surface area (Å²) >= 11 is 7.68. The Morgan fingerprint density at radius 1 is 1.32 bits per heavy atom. The fraction of sp³-hybridized carbons (Fsp3) is 0.333. The van der Waals surface area contributed by atoms with Gasteiger partial charge in [0.25, 0.3) is 11.8 Å². The van der Waals surface area contributed by atoms with Gasteiger partial charge >= 0.3 is 35.5 Å². The molecule has 0 saturated carbocycles. The molecular weight excluding hydrogens is 585 g/mol. The molecule has 37 heavy (non-hydrogen) atoms. The van der Waals surface area contributed by atoms with Crippen LogP contribution in [-0.4, -0.2) is 83.3 Å². The van der Waals surface area contributed by atoms with Crippen LogP contribution < -0.4 is 40.2 Å². The van der Waals surface area contributed by atoms with Crippen LogP contribution in [0, 0.1) is 0 Å². The number of rotatable bonds is 11. The van der Waals surface area contributed by atoms with E-state index in [1.54, 1.807) is 17.5 Å². The maximum absolute atomic E-state index is 12.9. The van der Waals surface area contributed by atoms with Gasteiger partial charge in [-0.1, -0.05) is 11.2 Å². The van der Waals surface area contributed by atoms with Crippen LogP contribution in [0.2, 0.25) is 0 Å². The molecule has 0 radical (unpaired) electrons. The molecule has 0 spiro atoms. The molecule has 1 aliphatic heterocycles. The van der Waals surface area contributed by atoms with E-state index in [0.29, 0.717) is 4.88 Å². The zero-order chi connectivity index (χ0) is 26.5. The molecule has 0 unspecified atom stereocenters. The third kappa shape index (κ3) is 7.93. The number of alkyl halides is 1. The molecule has 2 atom stereocenters. The molecule has 0 aliphatic carbocycles. The second kappa shape index (κ2) is 13.6. The Bertz CT molecular complexity index is 1290. The predicted molar refractivity (Wildman–Crippen MR) is 126 cm³/mol. The molecule has 1 fully saturated rings. The van der Waals surface area contributed by atoms with Gasteiger partial charge in [0, 0.05) is 10.3 Å². The summed E-state index contributed by atoms with van der Waals surface area (Å²) in [4.78, 5) is 58.1. The van der Waals surface area contributed by atoms with E-state index in [4.69, 9.17) is 16.3 Å². The number of nitrogens with one attached hydrogen (secondary N) is 2. The number of carbonyl (C=O) groups is 4. The van der Waals surface area contributed by atoms with Gasteiger partial charge in [-0.3, -0.25) is 19.2 Å². The van der Waals surface area contributed by atoms with Crippen molar-refractivity contribution in [2.75, 3.05) is 24.9 Å². The third-order valence-corrected chi connectivity index (χ3v) is 7.33. The average Bonchev–Trinajstić information content (AvgIpc) is 3.49. The van der Waals surface area contributed by atoms with Crippen molar-refractivity contribution in [2.45, 2.75) is 18.5 Å². The predicted octanol–water partition coefficient (Wildman–Crippen LogP) is -3.32. The van der Waals surface area contributed by atoms with Gasteiger partial charge < -0.3 is 24.8 Å². The van der Waals surface area contributed by atoms with Crippen molar-refractivity contribution in [1.29, 1.82) is 0 Å². The molecule has 1 saturated heterocycles.